The first kappa shape index (κ1) is 46.9. The second-order valence-corrected chi connectivity index (χ2v) is 21.2. The van der Waals surface area contributed by atoms with Gasteiger partial charge < -0.3 is 4.90 Å². The van der Waals surface area contributed by atoms with Gasteiger partial charge in [-0.05, 0) is 124 Å². The quantitative estimate of drug-likeness (QED) is 0.130. The van der Waals surface area contributed by atoms with E-state index in [9.17, 15) is 0 Å². The van der Waals surface area contributed by atoms with E-state index in [2.05, 4.69) is 311 Å². The van der Waals surface area contributed by atoms with Crippen molar-refractivity contribution in [2.24, 2.45) is 0 Å². The van der Waals surface area contributed by atoms with Gasteiger partial charge >= 0.3 is 0 Å². The molecule has 6 heteroatoms. The Morgan fingerprint density at radius 3 is 1.18 bits per heavy atom. The van der Waals surface area contributed by atoms with Gasteiger partial charge in [0.15, 0.2) is 0 Å². The number of rotatable bonds is 11. The van der Waals surface area contributed by atoms with Gasteiger partial charge in [0.1, 0.15) is 11.6 Å². The summed E-state index contributed by atoms with van der Waals surface area (Å²) in [7, 11) is 0. The molecule has 3 aromatic heterocycles. The van der Waals surface area contributed by atoms with E-state index in [0.717, 1.165) is 118 Å². The predicted octanol–water partition coefficient (Wildman–Crippen LogP) is 20.2. The van der Waals surface area contributed by atoms with Gasteiger partial charge in [0.05, 0.1) is 22.1 Å². The van der Waals surface area contributed by atoms with Crippen LogP contribution in [0.4, 0.5) is 17.1 Å². The zero-order valence-electron chi connectivity index (χ0n) is 43.4. The third-order valence-corrected chi connectivity index (χ3v) is 16.5. The molecule has 0 atom stereocenters. The summed E-state index contributed by atoms with van der Waals surface area (Å²) in [4.78, 5) is 13.1. The maximum atomic E-state index is 5.38. The van der Waals surface area contributed by atoms with Crippen molar-refractivity contribution in [3.63, 3.8) is 0 Å². The van der Waals surface area contributed by atoms with E-state index in [4.69, 9.17) is 9.97 Å². The Morgan fingerprint density at radius 1 is 0.275 bits per heavy atom. The molecule has 15 aromatic rings. The molecule has 376 valence electrons. The second-order valence-electron chi connectivity index (χ2n) is 20.2. The Hall–Kier alpha value is -10.4. The number of aromatic nitrogens is 4. The van der Waals surface area contributed by atoms with Crippen LogP contribution in [0.2, 0.25) is 0 Å². The number of nitrogens with zero attached hydrogens (tertiary/aromatic N) is 5. The van der Waals surface area contributed by atoms with E-state index in [1.807, 2.05) is 11.3 Å². The largest absolute Gasteiger partial charge is 0.310 e. The molecule has 0 amide bonds. The van der Waals surface area contributed by atoms with Crippen molar-refractivity contribution >= 4 is 70.6 Å². The molecule has 12 aromatic carbocycles. The van der Waals surface area contributed by atoms with Crippen LogP contribution in [-0.4, -0.2) is 19.1 Å². The lowest BCUT2D eigenvalue weighted by atomic mass is 9.97. The zero-order valence-corrected chi connectivity index (χ0v) is 44.3. The van der Waals surface area contributed by atoms with E-state index < -0.39 is 0 Å². The van der Waals surface area contributed by atoms with Crippen LogP contribution < -0.4 is 4.90 Å². The Kier molecular flexibility index (Phi) is 11.6. The number of imidazole rings is 2. The van der Waals surface area contributed by atoms with Crippen molar-refractivity contribution in [1.82, 2.24) is 19.1 Å². The third-order valence-electron chi connectivity index (χ3n) is 15.3. The van der Waals surface area contributed by atoms with Crippen LogP contribution in [0.1, 0.15) is 0 Å². The molecule has 5 nitrogen and oxygen atoms in total. The predicted molar refractivity (Wildman–Crippen MR) is 336 cm³/mol. The number of fused-ring (bicyclic) bond motifs is 5. The first-order chi connectivity index (χ1) is 39.7. The van der Waals surface area contributed by atoms with Crippen LogP contribution in [0.15, 0.2) is 297 Å². The molecule has 0 aliphatic carbocycles. The number of benzene rings is 12. The van der Waals surface area contributed by atoms with Crippen molar-refractivity contribution in [2.45, 2.75) is 0 Å². The summed E-state index contributed by atoms with van der Waals surface area (Å²) in [6.07, 6.45) is 0. The van der Waals surface area contributed by atoms with Gasteiger partial charge in [0.25, 0.3) is 0 Å². The molecule has 0 unspecified atom stereocenters. The van der Waals surface area contributed by atoms with Gasteiger partial charge in [0, 0.05) is 70.9 Å². The van der Waals surface area contributed by atoms with E-state index in [1.54, 1.807) is 0 Å². The molecule has 15 rings (SSSR count). The van der Waals surface area contributed by atoms with Gasteiger partial charge in [-0.15, -0.1) is 11.3 Å². The highest BCUT2D eigenvalue weighted by Crippen LogP contribution is 2.43. The van der Waals surface area contributed by atoms with Gasteiger partial charge in [-0.1, -0.05) is 206 Å². The first-order valence-electron chi connectivity index (χ1n) is 27.0. The first-order valence-corrected chi connectivity index (χ1v) is 27.9. The molecular formula is C74H49N5S. The van der Waals surface area contributed by atoms with Crippen molar-refractivity contribution in [2.75, 3.05) is 4.90 Å². The Bertz CT molecular complexity index is 4490. The molecule has 0 aliphatic heterocycles. The van der Waals surface area contributed by atoms with E-state index in [1.165, 1.54) is 20.2 Å². The smallest absolute Gasteiger partial charge is 0.145 e. The molecule has 0 radical (unpaired) electrons. The molecule has 0 fully saturated rings. The summed E-state index contributed by atoms with van der Waals surface area (Å²) < 4.78 is 7.10. The summed E-state index contributed by atoms with van der Waals surface area (Å²) in [5.74, 6) is 1.84. The summed E-state index contributed by atoms with van der Waals surface area (Å²) in [5, 5.41) is 2.57. The fourth-order valence-electron chi connectivity index (χ4n) is 11.5. The van der Waals surface area contributed by atoms with Crippen molar-refractivity contribution < 1.29 is 0 Å². The monoisotopic (exact) mass is 1040 g/mol. The Labute approximate surface area is 467 Å². The van der Waals surface area contributed by atoms with E-state index in [-0.39, 0.29) is 0 Å². The zero-order chi connectivity index (χ0) is 52.9. The standard InChI is InChI=1S/C74H49N5S/c1-5-19-52(20-6-1)73-75-71-63(32-17-34-67(71)78(73)58-27-9-3-10-28-58)56-25-15-23-54(47-56)50-37-41-60(42-38-50)77(62-45-46-66-65-31-13-14-36-69(65)80-70(66)49-62)61-43-39-51(40-44-61)55-24-16-26-57(48-55)64-33-18-35-68-72(64)76-74(53-21-7-2-8-22-53)79(68)59-29-11-4-12-30-59/h1-49H. The average molecular weight is 1040 g/mol. The van der Waals surface area contributed by atoms with Crippen molar-refractivity contribution in [1.29, 1.82) is 0 Å². The molecule has 80 heavy (non-hydrogen) atoms. The van der Waals surface area contributed by atoms with Crippen LogP contribution in [0.25, 0.3) is 121 Å². The summed E-state index contributed by atoms with van der Waals surface area (Å²) in [6, 6.07) is 106. The van der Waals surface area contributed by atoms with Gasteiger partial charge in [-0.3, -0.25) is 9.13 Å². The SMILES string of the molecule is c1ccc(-c2nc3c(-c4cccc(-c5ccc(N(c6ccc(-c7cccc(-c8cccc9c8nc(-c8ccccc8)n9-c8ccccc8)c7)cc6)c6ccc7c(c6)sc6ccccc67)cc5)c4)cccc3n2-c2ccccc2)cc1. The molecule has 0 spiro atoms. The maximum Gasteiger partial charge on any atom is 0.145 e. The summed E-state index contributed by atoms with van der Waals surface area (Å²) in [5.41, 5.74) is 20.6. The number of hydrogen-bond donors (Lipinski definition) is 0. The van der Waals surface area contributed by atoms with E-state index in [0.29, 0.717) is 0 Å². The lowest BCUT2D eigenvalue weighted by Gasteiger charge is -2.26. The molecule has 0 saturated heterocycles. The minimum Gasteiger partial charge on any atom is -0.310 e. The number of anilines is 3. The second kappa shape index (κ2) is 19.9. The average Bonchev–Trinajstić information content (AvgIpc) is 4.28. The number of thiophene rings is 1. The highest BCUT2D eigenvalue weighted by Gasteiger charge is 2.21. The van der Waals surface area contributed by atoms with Gasteiger partial charge in [-0.25, -0.2) is 9.97 Å². The Morgan fingerprint density at radius 2 is 0.675 bits per heavy atom. The van der Waals surface area contributed by atoms with E-state index >= 15 is 0 Å². The molecule has 0 N–H and O–H groups in total. The minimum atomic E-state index is 0.918. The Balaban J connectivity index is 0.784. The van der Waals surface area contributed by atoms with Crippen LogP contribution >= 0.6 is 11.3 Å². The van der Waals surface area contributed by atoms with Gasteiger partial charge in [-0.2, -0.15) is 0 Å². The number of para-hydroxylation sites is 4. The molecular weight excluding hydrogens is 991 g/mol. The number of hydrogen-bond acceptors (Lipinski definition) is 4. The highest BCUT2D eigenvalue weighted by atomic mass is 32.1. The fraction of sp³-hybridized carbons (Fsp3) is 0. The van der Waals surface area contributed by atoms with Crippen LogP contribution in [-0.2, 0) is 0 Å². The minimum absolute atomic E-state index is 0.918. The normalized spacial score (nSPS) is 11.5. The van der Waals surface area contributed by atoms with Gasteiger partial charge in [0.2, 0.25) is 0 Å². The van der Waals surface area contributed by atoms with Crippen molar-refractivity contribution in [3.8, 4) is 78.7 Å². The lowest BCUT2D eigenvalue weighted by Crippen LogP contribution is -2.09. The topological polar surface area (TPSA) is 38.9 Å². The highest BCUT2D eigenvalue weighted by molar-refractivity contribution is 7.25. The third kappa shape index (κ3) is 8.34. The fourth-order valence-corrected chi connectivity index (χ4v) is 12.7. The summed E-state index contributed by atoms with van der Waals surface area (Å²) >= 11 is 1.84. The maximum absolute atomic E-state index is 5.38. The summed E-state index contributed by atoms with van der Waals surface area (Å²) in [6.45, 7) is 0. The molecule has 0 aliphatic rings. The lowest BCUT2D eigenvalue weighted by molar-refractivity contribution is 1.10. The molecule has 0 bridgehead atoms. The molecule has 3 heterocycles. The van der Waals surface area contributed by atoms with Crippen LogP contribution in [0.3, 0.4) is 0 Å². The van der Waals surface area contributed by atoms with Crippen LogP contribution in [0.5, 0.6) is 0 Å². The van der Waals surface area contributed by atoms with Crippen LogP contribution in [0, 0.1) is 0 Å². The van der Waals surface area contributed by atoms with Crippen molar-refractivity contribution in [3.05, 3.63) is 297 Å². The molecule has 0 saturated carbocycles.